The number of nitrogens with one attached hydrogen (secondary N) is 1. The van der Waals surface area contributed by atoms with Crippen molar-refractivity contribution in [1.29, 1.82) is 0 Å². The monoisotopic (exact) mass is 435 g/mol. The van der Waals surface area contributed by atoms with Crippen molar-refractivity contribution in [2.24, 2.45) is 0 Å². The molecular formula is C19H19BrClN3O2. The van der Waals surface area contributed by atoms with Gasteiger partial charge in [0.05, 0.1) is 21.6 Å². The fourth-order valence-electron chi connectivity index (χ4n) is 2.71. The summed E-state index contributed by atoms with van der Waals surface area (Å²) in [5, 5.41) is 3.29. The summed E-state index contributed by atoms with van der Waals surface area (Å²) in [4.78, 5) is 17.3. The number of hydrogen-bond donors (Lipinski definition) is 1. The molecule has 0 saturated heterocycles. The molecule has 0 spiro atoms. The van der Waals surface area contributed by atoms with Gasteiger partial charge in [-0.15, -0.1) is 0 Å². The Balaban J connectivity index is 1.88. The smallest absolute Gasteiger partial charge is 0.259 e. The van der Waals surface area contributed by atoms with Gasteiger partial charge >= 0.3 is 0 Å². The van der Waals surface area contributed by atoms with Crippen LogP contribution in [0.2, 0.25) is 5.02 Å². The lowest BCUT2D eigenvalue weighted by atomic mass is 10.2. The van der Waals surface area contributed by atoms with E-state index in [-0.39, 0.29) is 5.91 Å². The van der Waals surface area contributed by atoms with Gasteiger partial charge in [0.1, 0.15) is 0 Å². The average molecular weight is 437 g/mol. The highest BCUT2D eigenvalue weighted by Crippen LogP contribution is 2.24. The molecule has 1 amide bonds. The maximum Gasteiger partial charge on any atom is 0.259 e. The van der Waals surface area contributed by atoms with Crippen LogP contribution in [0.5, 0.6) is 0 Å². The van der Waals surface area contributed by atoms with Crippen LogP contribution in [0.3, 0.4) is 0 Å². The molecule has 136 valence electrons. The van der Waals surface area contributed by atoms with E-state index in [2.05, 4.69) is 26.2 Å². The molecule has 0 aliphatic carbocycles. The van der Waals surface area contributed by atoms with E-state index < -0.39 is 0 Å². The molecule has 26 heavy (non-hydrogen) atoms. The summed E-state index contributed by atoms with van der Waals surface area (Å²) >= 11 is 9.54. The first kappa shape index (κ1) is 18.9. The Bertz CT molecular complexity index is 926. The van der Waals surface area contributed by atoms with Gasteiger partial charge in [0.25, 0.3) is 5.91 Å². The first-order valence-corrected chi connectivity index (χ1v) is 9.56. The molecule has 1 heterocycles. The van der Waals surface area contributed by atoms with Crippen LogP contribution in [0.25, 0.3) is 11.0 Å². The van der Waals surface area contributed by atoms with Gasteiger partial charge in [0.15, 0.2) is 0 Å². The molecular weight excluding hydrogens is 418 g/mol. The maximum atomic E-state index is 12.7. The van der Waals surface area contributed by atoms with Gasteiger partial charge in [-0.25, -0.2) is 4.98 Å². The minimum absolute atomic E-state index is 0.294. The zero-order valence-electron chi connectivity index (χ0n) is 14.3. The summed E-state index contributed by atoms with van der Waals surface area (Å²) in [6.45, 7) is 4.02. The van der Waals surface area contributed by atoms with Gasteiger partial charge in [-0.3, -0.25) is 10.1 Å². The number of anilines is 1. The van der Waals surface area contributed by atoms with Crippen molar-refractivity contribution in [3.8, 4) is 0 Å². The second kappa shape index (κ2) is 8.66. The highest BCUT2D eigenvalue weighted by atomic mass is 79.9. The maximum absolute atomic E-state index is 12.7. The zero-order chi connectivity index (χ0) is 18.5. The molecule has 0 unspecified atom stereocenters. The summed E-state index contributed by atoms with van der Waals surface area (Å²) in [7, 11) is 0. The van der Waals surface area contributed by atoms with Crippen molar-refractivity contribution in [2.75, 3.05) is 18.5 Å². The minimum atomic E-state index is -0.294. The summed E-state index contributed by atoms with van der Waals surface area (Å²) < 4.78 is 8.21. The number of nitrogens with zero attached hydrogens (tertiary/aromatic N) is 2. The molecule has 1 aromatic heterocycles. The van der Waals surface area contributed by atoms with Crippen molar-refractivity contribution in [2.45, 2.75) is 19.9 Å². The molecule has 3 rings (SSSR count). The number of aromatic nitrogens is 2. The molecule has 0 radical (unpaired) electrons. The van der Waals surface area contributed by atoms with Crippen LogP contribution in [0.4, 0.5) is 5.95 Å². The molecule has 0 aliphatic heterocycles. The SMILES string of the molecule is CCOCCCn1c(NC(=O)c2cc(Br)ccc2Cl)nc2ccccc21. The Labute approximate surface area is 165 Å². The Morgan fingerprint density at radius 1 is 1.31 bits per heavy atom. The number of carbonyl (C=O) groups is 1. The lowest BCUT2D eigenvalue weighted by Crippen LogP contribution is -2.17. The van der Waals surface area contributed by atoms with Gasteiger partial charge in [-0.05, 0) is 43.7 Å². The summed E-state index contributed by atoms with van der Waals surface area (Å²) in [6.07, 6.45) is 0.828. The topological polar surface area (TPSA) is 56.1 Å². The van der Waals surface area contributed by atoms with Gasteiger partial charge in [-0.1, -0.05) is 39.7 Å². The van der Waals surface area contributed by atoms with Crippen LogP contribution in [0.15, 0.2) is 46.9 Å². The van der Waals surface area contributed by atoms with Crippen molar-refractivity contribution in [1.82, 2.24) is 9.55 Å². The van der Waals surface area contributed by atoms with Gasteiger partial charge in [-0.2, -0.15) is 0 Å². The number of fused-ring (bicyclic) bond motifs is 1. The van der Waals surface area contributed by atoms with E-state index in [1.807, 2.05) is 35.8 Å². The predicted octanol–water partition coefficient (Wildman–Crippen LogP) is 5.13. The second-order valence-electron chi connectivity index (χ2n) is 5.70. The Morgan fingerprint density at radius 2 is 2.12 bits per heavy atom. The van der Waals surface area contributed by atoms with Crippen LogP contribution in [0, 0.1) is 0 Å². The van der Waals surface area contributed by atoms with Gasteiger partial charge < -0.3 is 9.30 Å². The van der Waals surface area contributed by atoms with E-state index in [4.69, 9.17) is 16.3 Å². The second-order valence-corrected chi connectivity index (χ2v) is 7.03. The zero-order valence-corrected chi connectivity index (χ0v) is 16.7. The highest BCUT2D eigenvalue weighted by Gasteiger charge is 2.16. The van der Waals surface area contributed by atoms with Crippen molar-refractivity contribution >= 4 is 50.4 Å². The van der Waals surface area contributed by atoms with E-state index in [0.717, 1.165) is 21.9 Å². The molecule has 0 atom stereocenters. The molecule has 5 nitrogen and oxygen atoms in total. The van der Waals surface area contributed by atoms with Crippen LogP contribution >= 0.6 is 27.5 Å². The quantitative estimate of drug-likeness (QED) is 0.522. The lowest BCUT2D eigenvalue weighted by molar-refractivity contribution is 0.102. The normalized spacial score (nSPS) is 11.0. The van der Waals surface area contributed by atoms with Gasteiger partial charge in [0.2, 0.25) is 5.95 Å². The fourth-order valence-corrected chi connectivity index (χ4v) is 3.27. The Kier molecular flexibility index (Phi) is 6.29. The van der Waals surface area contributed by atoms with Crippen molar-refractivity contribution in [3.63, 3.8) is 0 Å². The number of hydrogen-bond acceptors (Lipinski definition) is 3. The Hall–Kier alpha value is -1.89. The Morgan fingerprint density at radius 3 is 2.92 bits per heavy atom. The van der Waals surface area contributed by atoms with E-state index in [9.17, 15) is 4.79 Å². The predicted molar refractivity (Wildman–Crippen MR) is 108 cm³/mol. The lowest BCUT2D eigenvalue weighted by Gasteiger charge is -2.11. The molecule has 2 aromatic carbocycles. The third-order valence-electron chi connectivity index (χ3n) is 3.93. The number of benzene rings is 2. The van der Waals surface area contributed by atoms with Crippen molar-refractivity contribution in [3.05, 3.63) is 57.5 Å². The molecule has 0 aliphatic rings. The number of amides is 1. The van der Waals surface area contributed by atoms with Crippen LogP contribution < -0.4 is 5.32 Å². The third-order valence-corrected chi connectivity index (χ3v) is 4.75. The number of halogens is 2. The van der Waals surface area contributed by atoms with E-state index in [1.165, 1.54) is 0 Å². The standard InChI is InChI=1S/C19H19BrClN3O2/c1-2-26-11-5-10-24-17-7-4-3-6-16(17)22-19(24)23-18(25)14-12-13(20)8-9-15(14)21/h3-4,6-9,12H,2,5,10-11H2,1H3,(H,22,23,25). The van der Waals surface area contributed by atoms with Crippen LogP contribution in [-0.2, 0) is 11.3 Å². The van der Waals surface area contributed by atoms with E-state index in [0.29, 0.717) is 36.3 Å². The number of carbonyl (C=O) groups excluding carboxylic acids is 1. The van der Waals surface area contributed by atoms with Crippen molar-refractivity contribution < 1.29 is 9.53 Å². The van der Waals surface area contributed by atoms with E-state index in [1.54, 1.807) is 18.2 Å². The molecule has 3 aromatic rings. The molecule has 0 fully saturated rings. The summed E-state index contributed by atoms with van der Waals surface area (Å²) in [5.74, 6) is 0.210. The number of rotatable bonds is 7. The van der Waals surface area contributed by atoms with Gasteiger partial charge in [0, 0.05) is 24.2 Å². The number of aryl methyl sites for hydroxylation is 1. The summed E-state index contributed by atoms with van der Waals surface area (Å²) in [5.41, 5.74) is 2.20. The molecule has 7 heteroatoms. The first-order chi connectivity index (χ1) is 12.6. The van der Waals surface area contributed by atoms with Crippen LogP contribution in [0.1, 0.15) is 23.7 Å². The number of imidazole rings is 1. The van der Waals surface area contributed by atoms with E-state index >= 15 is 0 Å². The largest absolute Gasteiger partial charge is 0.382 e. The highest BCUT2D eigenvalue weighted by molar-refractivity contribution is 9.10. The average Bonchev–Trinajstić information content (AvgIpc) is 2.98. The summed E-state index contributed by atoms with van der Waals surface area (Å²) in [6, 6.07) is 13.0. The molecule has 0 saturated carbocycles. The minimum Gasteiger partial charge on any atom is -0.382 e. The first-order valence-electron chi connectivity index (χ1n) is 8.39. The molecule has 1 N–H and O–H groups in total. The molecule has 0 bridgehead atoms. The number of para-hydroxylation sites is 2. The number of ether oxygens (including phenoxy) is 1. The third kappa shape index (κ3) is 4.26. The van der Waals surface area contributed by atoms with Crippen LogP contribution in [-0.4, -0.2) is 28.7 Å². The fraction of sp³-hybridized carbons (Fsp3) is 0.263.